The van der Waals surface area contributed by atoms with Crippen molar-refractivity contribution in [3.63, 3.8) is 0 Å². The standard InChI is InChI=1S/C16H14N6OS2/c23-15(12-9-11-14(25-12)19-16-22(11)7-8-24-16)21-5-3-20(4-6-21)13-10-17-1-2-18-13/h1-2,7-10H,3-6H2. The summed E-state index contributed by atoms with van der Waals surface area (Å²) in [5, 5.41) is 2.01. The predicted octanol–water partition coefficient (Wildman–Crippen LogP) is 2.36. The van der Waals surface area contributed by atoms with Gasteiger partial charge in [-0.15, -0.1) is 22.7 Å². The summed E-state index contributed by atoms with van der Waals surface area (Å²) >= 11 is 3.08. The molecule has 1 fully saturated rings. The van der Waals surface area contributed by atoms with Crippen LogP contribution < -0.4 is 4.90 Å². The van der Waals surface area contributed by atoms with Crippen LogP contribution in [0.2, 0.25) is 0 Å². The number of piperazine rings is 1. The molecule has 0 unspecified atom stereocenters. The minimum atomic E-state index is 0.0887. The lowest BCUT2D eigenvalue weighted by Crippen LogP contribution is -2.48. The first-order chi connectivity index (χ1) is 12.3. The van der Waals surface area contributed by atoms with Gasteiger partial charge in [0.15, 0.2) is 4.96 Å². The van der Waals surface area contributed by atoms with Crippen LogP contribution in [-0.4, -0.2) is 56.3 Å². The van der Waals surface area contributed by atoms with E-state index in [1.165, 1.54) is 11.3 Å². The van der Waals surface area contributed by atoms with Crippen LogP contribution in [0.4, 0.5) is 5.82 Å². The molecule has 1 aliphatic heterocycles. The summed E-state index contributed by atoms with van der Waals surface area (Å²) in [7, 11) is 0. The number of thiazole rings is 1. The van der Waals surface area contributed by atoms with Gasteiger partial charge in [-0.3, -0.25) is 14.2 Å². The molecule has 5 rings (SSSR count). The molecule has 1 saturated heterocycles. The van der Waals surface area contributed by atoms with Crippen LogP contribution in [0.25, 0.3) is 15.3 Å². The molecule has 4 aromatic rings. The van der Waals surface area contributed by atoms with Crippen LogP contribution in [0.1, 0.15) is 9.67 Å². The molecule has 1 amide bonds. The molecule has 0 spiro atoms. The largest absolute Gasteiger partial charge is 0.352 e. The predicted molar refractivity (Wildman–Crippen MR) is 98.6 cm³/mol. The molecule has 4 aromatic heterocycles. The number of aromatic nitrogens is 4. The van der Waals surface area contributed by atoms with Crippen LogP contribution in [0.3, 0.4) is 0 Å². The van der Waals surface area contributed by atoms with E-state index >= 15 is 0 Å². The summed E-state index contributed by atoms with van der Waals surface area (Å²) in [6.45, 7) is 2.91. The highest BCUT2D eigenvalue weighted by molar-refractivity contribution is 7.21. The second kappa shape index (κ2) is 5.78. The van der Waals surface area contributed by atoms with Crippen LogP contribution in [0.15, 0.2) is 36.2 Å². The minimum absolute atomic E-state index is 0.0887. The smallest absolute Gasteiger partial charge is 0.264 e. The lowest BCUT2D eigenvalue weighted by Gasteiger charge is -2.34. The van der Waals surface area contributed by atoms with Crippen LogP contribution >= 0.6 is 22.7 Å². The van der Waals surface area contributed by atoms with Crippen molar-refractivity contribution in [2.45, 2.75) is 0 Å². The maximum Gasteiger partial charge on any atom is 0.264 e. The number of hydrogen-bond acceptors (Lipinski definition) is 7. The highest BCUT2D eigenvalue weighted by Crippen LogP contribution is 2.29. The van der Waals surface area contributed by atoms with Gasteiger partial charge in [0.2, 0.25) is 0 Å². The Morgan fingerprint density at radius 1 is 1.16 bits per heavy atom. The summed E-state index contributed by atoms with van der Waals surface area (Å²) in [4.78, 5) is 32.6. The SMILES string of the molecule is O=C(c1cc2c(nc3sccn32)s1)N1CCN(c2cnccn2)CC1. The Balaban J connectivity index is 1.34. The molecule has 9 heteroatoms. The Morgan fingerprint density at radius 3 is 2.84 bits per heavy atom. The highest BCUT2D eigenvalue weighted by atomic mass is 32.1. The van der Waals surface area contributed by atoms with Crippen molar-refractivity contribution >= 4 is 49.7 Å². The van der Waals surface area contributed by atoms with Crippen molar-refractivity contribution in [2.24, 2.45) is 0 Å². The molecule has 0 atom stereocenters. The summed E-state index contributed by atoms with van der Waals surface area (Å²) in [6.07, 6.45) is 7.12. The van der Waals surface area contributed by atoms with Gasteiger partial charge >= 0.3 is 0 Å². The Morgan fingerprint density at radius 2 is 2.04 bits per heavy atom. The van der Waals surface area contributed by atoms with Gasteiger partial charge in [-0.25, -0.2) is 9.97 Å². The average molecular weight is 370 g/mol. The molecule has 0 saturated carbocycles. The van der Waals surface area contributed by atoms with Crippen molar-refractivity contribution in [3.05, 3.63) is 41.1 Å². The Labute approximate surface area is 151 Å². The topological polar surface area (TPSA) is 66.6 Å². The Kier molecular flexibility index (Phi) is 3.42. The van der Waals surface area contributed by atoms with E-state index in [-0.39, 0.29) is 5.91 Å². The molecular weight excluding hydrogens is 356 g/mol. The third kappa shape index (κ3) is 2.47. The quantitative estimate of drug-likeness (QED) is 0.542. The van der Waals surface area contributed by atoms with Gasteiger partial charge in [0.05, 0.1) is 16.6 Å². The average Bonchev–Trinajstić information content (AvgIpc) is 3.34. The van der Waals surface area contributed by atoms with E-state index in [0.717, 1.165) is 39.1 Å². The van der Waals surface area contributed by atoms with Gasteiger partial charge in [-0.05, 0) is 6.07 Å². The molecule has 5 heterocycles. The third-order valence-corrected chi connectivity index (χ3v) is 6.15. The number of rotatable bonds is 2. The first-order valence-electron chi connectivity index (χ1n) is 7.95. The fourth-order valence-corrected chi connectivity index (χ4v) is 4.87. The molecule has 0 bridgehead atoms. The van der Waals surface area contributed by atoms with Gasteiger partial charge in [0.25, 0.3) is 5.91 Å². The summed E-state index contributed by atoms with van der Waals surface area (Å²) in [5.74, 6) is 0.954. The number of thiophene rings is 1. The zero-order chi connectivity index (χ0) is 16.8. The molecule has 0 N–H and O–H groups in total. The highest BCUT2D eigenvalue weighted by Gasteiger charge is 2.25. The third-order valence-electron chi connectivity index (χ3n) is 4.39. The van der Waals surface area contributed by atoms with Crippen LogP contribution in [0.5, 0.6) is 0 Å². The van der Waals surface area contributed by atoms with Gasteiger partial charge in [-0.2, -0.15) is 0 Å². The van der Waals surface area contributed by atoms with E-state index in [2.05, 4.69) is 19.9 Å². The fourth-order valence-electron chi connectivity index (χ4n) is 3.10. The van der Waals surface area contributed by atoms with Gasteiger partial charge < -0.3 is 9.80 Å². The maximum absolute atomic E-state index is 12.8. The summed E-state index contributed by atoms with van der Waals surface area (Å²) in [5.41, 5.74) is 1.02. The van der Waals surface area contributed by atoms with E-state index in [1.54, 1.807) is 29.9 Å². The molecule has 7 nitrogen and oxygen atoms in total. The van der Waals surface area contributed by atoms with Crippen molar-refractivity contribution in [1.29, 1.82) is 0 Å². The normalized spacial score (nSPS) is 15.4. The second-order valence-electron chi connectivity index (χ2n) is 5.81. The Hall–Kier alpha value is -2.52. The van der Waals surface area contributed by atoms with Crippen LogP contribution in [0, 0.1) is 0 Å². The number of amides is 1. The fraction of sp³-hybridized carbons (Fsp3) is 0.250. The molecule has 1 aliphatic rings. The number of fused-ring (bicyclic) bond motifs is 3. The summed E-state index contributed by atoms with van der Waals surface area (Å²) in [6, 6.07) is 1.96. The van der Waals surface area contributed by atoms with E-state index in [9.17, 15) is 4.79 Å². The first-order valence-corrected chi connectivity index (χ1v) is 9.64. The number of nitrogens with zero attached hydrogens (tertiary/aromatic N) is 6. The minimum Gasteiger partial charge on any atom is -0.352 e. The zero-order valence-corrected chi connectivity index (χ0v) is 14.8. The van der Waals surface area contributed by atoms with Gasteiger partial charge in [0.1, 0.15) is 10.6 Å². The monoisotopic (exact) mass is 370 g/mol. The molecule has 0 aromatic carbocycles. The van der Waals surface area contributed by atoms with Crippen molar-refractivity contribution < 1.29 is 4.79 Å². The molecule has 126 valence electrons. The van der Waals surface area contributed by atoms with Crippen molar-refractivity contribution in [2.75, 3.05) is 31.1 Å². The molecular formula is C16H14N6OS2. The second-order valence-corrected chi connectivity index (χ2v) is 7.71. The zero-order valence-electron chi connectivity index (χ0n) is 13.2. The van der Waals surface area contributed by atoms with E-state index in [1.807, 2.05) is 26.9 Å². The number of imidazole rings is 1. The van der Waals surface area contributed by atoms with E-state index < -0.39 is 0 Å². The molecule has 0 radical (unpaired) electrons. The number of anilines is 1. The number of carbonyl (C=O) groups excluding carboxylic acids is 1. The van der Waals surface area contributed by atoms with Gasteiger partial charge in [-0.1, -0.05) is 0 Å². The molecule has 25 heavy (non-hydrogen) atoms. The first kappa shape index (κ1) is 14.8. The number of carbonyl (C=O) groups is 1. The lowest BCUT2D eigenvalue weighted by atomic mass is 10.3. The van der Waals surface area contributed by atoms with Crippen LogP contribution in [-0.2, 0) is 0 Å². The summed E-state index contributed by atoms with van der Waals surface area (Å²) < 4.78 is 2.04. The molecule has 0 aliphatic carbocycles. The van der Waals surface area contributed by atoms with E-state index in [0.29, 0.717) is 13.1 Å². The van der Waals surface area contributed by atoms with Gasteiger partial charge in [0, 0.05) is 50.1 Å². The van der Waals surface area contributed by atoms with Crippen molar-refractivity contribution in [3.8, 4) is 0 Å². The maximum atomic E-state index is 12.8. The number of hydrogen-bond donors (Lipinski definition) is 0. The lowest BCUT2D eigenvalue weighted by molar-refractivity contribution is 0.0751. The Bertz CT molecular complexity index is 1040. The van der Waals surface area contributed by atoms with Crippen molar-refractivity contribution in [1.82, 2.24) is 24.3 Å². The van der Waals surface area contributed by atoms with E-state index in [4.69, 9.17) is 0 Å².